The maximum absolute atomic E-state index is 12.2. The van der Waals surface area contributed by atoms with E-state index in [0.29, 0.717) is 11.8 Å². The maximum Gasteiger partial charge on any atom is 0.239 e. The number of amides is 1. The van der Waals surface area contributed by atoms with Crippen LogP contribution in [0.15, 0.2) is 0 Å². The topological polar surface area (TPSA) is 32.3 Å². The predicted octanol–water partition coefficient (Wildman–Crippen LogP) is 1.24. The van der Waals surface area contributed by atoms with Gasteiger partial charge in [-0.05, 0) is 44.6 Å². The van der Waals surface area contributed by atoms with Crippen molar-refractivity contribution in [3.8, 4) is 0 Å². The monoisotopic (exact) mass is 210 g/mol. The molecule has 1 aliphatic carbocycles. The highest BCUT2D eigenvalue weighted by molar-refractivity contribution is 5.82. The number of nitrogens with one attached hydrogen (secondary N) is 1. The van der Waals surface area contributed by atoms with Crippen molar-refractivity contribution in [1.29, 1.82) is 0 Å². The Kier molecular flexibility index (Phi) is 3.29. The molecule has 3 nitrogen and oxygen atoms in total. The van der Waals surface area contributed by atoms with E-state index >= 15 is 0 Å². The van der Waals surface area contributed by atoms with Gasteiger partial charge in [0.25, 0.3) is 0 Å². The minimum Gasteiger partial charge on any atom is -0.341 e. The van der Waals surface area contributed by atoms with Crippen LogP contribution in [0.3, 0.4) is 0 Å². The second-order valence-electron chi connectivity index (χ2n) is 5.02. The third-order valence-electron chi connectivity index (χ3n) is 3.67. The molecule has 1 heterocycles. The number of nitrogens with zero attached hydrogens (tertiary/aromatic N) is 1. The van der Waals surface area contributed by atoms with Crippen molar-refractivity contribution in [2.24, 2.45) is 11.8 Å². The maximum atomic E-state index is 12.2. The molecule has 2 fully saturated rings. The number of rotatable bonds is 4. The first-order chi connectivity index (χ1) is 7.22. The van der Waals surface area contributed by atoms with E-state index in [1.54, 1.807) is 0 Å². The molecule has 2 atom stereocenters. The zero-order chi connectivity index (χ0) is 10.8. The molecule has 1 amide bonds. The summed E-state index contributed by atoms with van der Waals surface area (Å²) in [6, 6.07) is 0.0868. The Hall–Kier alpha value is -0.570. The van der Waals surface area contributed by atoms with E-state index in [-0.39, 0.29) is 6.04 Å². The van der Waals surface area contributed by atoms with Gasteiger partial charge in [0.1, 0.15) is 0 Å². The Bertz CT molecular complexity index is 238. The van der Waals surface area contributed by atoms with Crippen molar-refractivity contribution >= 4 is 5.91 Å². The Labute approximate surface area is 92.2 Å². The molecule has 2 aliphatic rings. The van der Waals surface area contributed by atoms with E-state index in [4.69, 9.17) is 0 Å². The van der Waals surface area contributed by atoms with Gasteiger partial charge in [0, 0.05) is 13.1 Å². The summed E-state index contributed by atoms with van der Waals surface area (Å²) in [6.07, 6.45) is 3.77. The first-order valence-electron chi connectivity index (χ1n) is 6.24. The molecule has 0 aromatic rings. The largest absolute Gasteiger partial charge is 0.341 e. The second kappa shape index (κ2) is 4.52. The second-order valence-corrected chi connectivity index (χ2v) is 5.02. The number of hydrogen-bond donors (Lipinski definition) is 1. The third-order valence-corrected chi connectivity index (χ3v) is 3.67. The van der Waals surface area contributed by atoms with Gasteiger partial charge in [0.2, 0.25) is 5.91 Å². The van der Waals surface area contributed by atoms with E-state index < -0.39 is 0 Å². The Morgan fingerprint density at radius 2 is 2.13 bits per heavy atom. The van der Waals surface area contributed by atoms with Crippen LogP contribution in [0.2, 0.25) is 0 Å². The molecule has 0 spiro atoms. The normalized spacial score (nSPS) is 30.5. The number of hydrogen-bond acceptors (Lipinski definition) is 2. The van der Waals surface area contributed by atoms with Gasteiger partial charge >= 0.3 is 0 Å². The van der Waals surface area contributed by atoms with Crippen LogP contribution in [0.5, 0.6) is 0 Å². The summed E-state index contributed by atoms with van der Waals surface area (Å²) in [5.74, 6) is 1.63. The molecule has 15 heavy (non-hydrogen) atoms. The molecule has 0 aromatic heterocycles. The molecule has 0 bridgehead atoms. The first kappa shape index (κ1) is 10.9. The van der Waals surface area contributed by atoms with Gasteiger partial charge in [-0.15, -0.1) is 0 Å². The number of likely N-dealkylation sites (N-methyl/N-ethyl adjacent to an activating group) is 1. The number of carbonyl (C=O) groups is 1. The van der Waals surface area contributed by atoms with E-state index in [1.807, 2.05) is 4.90 Å². The summed E-state index contributed by atoms with van der Waals surface area (Å²) < 4.78 is 0. The van der Waals surface area contributed by atoms with Crippen LogP contribution < -0.4 is 5.32 Å². The average Bonchev–Trinajstić information content (AvgIpc) is 2.95. The summed E-state index contributed by atoms with van der Waals surface area (Å²) in [4.78, 5) is 14.3. The van der Waals surface area contributed by atoms with Gasteiger partial charge < -0.3 is 10.2 Å². The van der Waals surface area contributed by atoms with Crippen molar-refractivity contribution in [2.75, 3.05) is 19.6 Å². The van der Waals surface area contributed by atoms with Crippen LogP contribution in [0.1, 0.15) is 33.1 Å². The number of carbonyl (C=O) groups excluding carboxylic acids is 1. The minimum atomic E-state index is 0.0868. The fourth-order valence-corrected chi connectivity index (χ4v) is 2.35. The molecule has 86 valence electrons. The Morgan fingerprint density at radius 3 is 2.60 bits per heavy atom. The van der Waals surface area contributed by atoms with Crippen LogP contribution in [0.4, 0.5) is 0 Å². The molecule has 1 N–H and O–H groups in total. The molecule has 2 rings (SSSR count). The average molecular weight is 210 g/mol. The van der Waals surface area contributed by atoms with Gasteiger partial charge in [-0.3, -0.25) is 4.79 Å². The molecule has 2 unspecified atom stereocenters. The summed E-state index contributed by atoms with van der Waals surface area (Å²) in [7, 11) is 0. The Balaban J connectivity index is 1.90. The lowest BCUT2D eigenvalue weighted by Gasteiger charge is -2.26. The van der Waals surface area contributed by atoms with Crippen molar-refractivity contribution in [2.45, 2.75) is 39.2 Å². The van der Waals surface area contributed by atoms with E-state index in [1.165, 1.54) is 12.8 Å². The summed E-state index contributed by atoms with van der Waals surface area (Å²) in [6.45, 7) is 7.10. The summed E-state index contributed by atoms with van der Waals surface area (Å²) in [5, 5.41) is 3.32. The van der Waals surface area contributed by atoms with Crippen molar-refractivity contribution in [3.05, 3.63) is 0 Å². The zero-order valence-electron chi connectivity index (χ0n) is 9.83. The molecule has 1 saturated carbocycles. The molecular formula is C12H22N2O. The molecule has 1 aliphatic heterocycles. The lowest BCUT2D eigenvalue weighted by Crippen LogP contribution is -2.46. The highest BCUT2D eigenvalue weighted by Crippen LogP contribution is 2.30. The highest BCUT2D eigenvalue weighted by Gasteiger charge is 2.34. The van der Waals surface area contributed by atoms with Crippen LogP contribution >= 0.6 is 0 Å². The molecule has 0 aromatic carbocycles. The standard InChI is InChI=1S/C12H22N2O/c1-3-14(8-10-4-5-10)12(15)11-9(2)6-7-13-11/h9-11,13H,3-8H2,1-2H3. The molecule has 3 heteroatoms. The zero-order valence-corrected chi connectivity index (χ0v) is 9.83. The van der Waals surface area contributed by atoms with Gasteiger partial charge in [0.05, 0.1) is 6.04 Å². The SMILES string of the molecule is CCN(CC1CC1)C(=O)C1NCCC1C. The van der Waals surface area contributed by atoms with Crippen molar-refractivity contribution in [3.63, 3.8) is 0 Å². The van der Waals surface area contributed by atoms with Crippen LogP contribution in [-0.4, -0.2) is 36.5 Å². The first-order valence-corrected chi connectivity index (χ1v) is 6.24. The fourth-order valence-electron chi connectivity index (χ4n) is 2.35. The lowest BCUT2D eigenvalue weighted by atomic mass is 10.0. The van der Waals surface area contributed by atoms with E-state index in [2.05, 4.69) is 19.2 Å². The van der Waals surface area contributed by atoms with Crippen LogP contribution in [0.25, 0.3) is 0 Å². The minimum absolute atomic E-state index is 0.0868. The smallest absolute Gasteiger partial charge is 0.239 e. The molecular weight excluding hydrogens is 188 g/mol. The van der Waals surface area contributed by atoms with Gasteiger partial charge in [-0.1, -0.05) is 6.92 Å². The van der Waals surface area contributed by atoms with Gasteiger partial charge in [-0.25, -0.2) is 0 Å². The lowest BCUT2D eigenvalue weighted by molar-refractivity contribution is -0.134. The quantitative estimate of drug-likeness (QED) is 0.757. The molecule has 1 saturated heterocycles. The van der Waals surface area contributed by atoms with Crippen LogP contribution in [0, 0.1) is 11.8 Å². The summed E-state index contributed by atoms with van der Waals surface area (Å²) >= 11 is 0. The third kappa shape index (κ3) is 2.51. The predicted molar refractivity (Wildman–Crippen MR) is 60.5 cm³/mol. The highest BCUT2D eigenvalue weighted by atomic mass is 16.2. The van der Waals surface area contributed by atoms with E-state index in [0.717, 1.165) is 32.0 Å². The van der Waals surface area contributed by atoms with Crippen molar-refractivity contribution < 1.29 is 4.79 Å². The van der Waals surface area contributed by atoms with Crippen LogP contribution in [-0.2, 0) is 4.79 Å². The van der Waals surface area contributed by atoms with E-state index in [9.17, 15) is 4.79 Å². The van der Waals surface area contributed by atoms with Gasteiger partial charge in [-0.2, -0.15) is 0 Å². The Morgan fingerprint density at radius 1 is 1.40 bits per heavy atom. The van der Waals surface area contributed by atoms with Gasteiger partial charge in [0.15, 0.2) is 0 Å². The molecule has 0 radical (unpaired) electrons. The fraction of sp³-hybridized carbons (Fsp3) is 0.917. The van der Waals surface area contributed by atoms with Crippen molar-refractivity contribution in [1.82, 2.24) is 10.2 Å². The summed E-state index contributed by atoms with van der Waals surface area (Å²) in [5.41, 5.74) is 0.